The summed E-state index contributed by atoms with van der Waals surface area (Å²) in [6, 6.07) is 6.94. The van der Waals surface area contributed by atoms with Gasteiger partial charge < -0.3 is 5.32 Å². The van der Waals surface area contributed by atoms with E-state index in [-0.39, 0.29) is 5.56 Å². The third kappa shape index (κ3) is 3.88. The predicted octanol–water partition coefficient (Wildman–Crippen LogP) is 3.41. The summed E-state index contributed by atoms with van der Waals surface area (Å²) in [7, 11) is 1.48. The average Bonchev–Trinajstić information content (AvgIpc) is 2.83. The summed E-state index contributed by atoms with van der Waals surface area (Å²) in [5.74, 6) is -0.636. The quantitative estimate of drug-likeness (QED) is 0.940. The van der Waals surface area contributed by atoms with Crippen LogP contribution in [0.25, 0.3) is 6.08 Å². The summed E-state index contributed by atoms with van der Waals surface area (Å²) in [4.78, 5) is 11.9. The molecule has 1 N–H and O–H groups in total. The smallest absolute Gasteiger partial charge is 0.282 e. The first kappa shape index (κ1) is 15.2. The molecule has 0 aliphatic carbocycles. The van der Waals surface area contributed by atoms with Crippen molar-refractivity contribution >= 4 is 23.6 Å². The van der Waals surface area contributed by atoms with Crippen molar-refractivity contribution in [2.75, 3.05) is 0 Å². The summed E-state index contributed by atoms with van der Waals surface area (Å²) in [5.41, 5.74) is 0.142. The zero-order valence-electron chi connectivity index (χ0n) is 11.1. The first-order valence-electron chi connectivity index (χ1n) is 6.02. The van der Waals surface area contributed by atoms with E-state index in [1.54, 1.807) is 30.3 Å². The normalized spacial score (nSPS) is 11.3. The van der Waals surface area contributed by atoms with E-state index in [4.69, 9.17) is 11.6 Å². The third-order valence-electron chi connectivity index (χ3n) is 2.67. The Morgan fingerprint density at radius 1 is 1.38 bits per heavy atom. The summed E-state index contributed by atoms with van der Waals surface area (Å²) < 4.78 is 26.7. The third-order valence-corrected chi connectivity index (χ3v) is 2.92. The van der Waals surface area contributed by atoms with E-state index >= 15 is 0 Å². The van der Waals surface area contributed by atoms with Crippen molar-refractivity contribution in [3.63, 3.8) is 0 Å². The number of nitrogens with one attached hydrogen (secondary N) is 1. The lowest BCUT2D eigenvalue weighted by Gasteiger charge is -2.00. The Hall–Kier alpha value is -2.21. The van der Waals surface area contributed by atoms with Gasteiger partial charge in [-0.3, -0.25) is 9.48 Å². The van der Waals surface area contributed by atoms with Gasteiger partial charge in [0.1, 0.15) is 5.69 Å². The Bertz CT molecular complexity index is 665. The Kier molecular flexibility index (Phi) is 4.70. The summed E-state index contributed by atoms with van der Waals surface area (Å²) in [6.45, 7) is 0. The number of alkyl halides is 2. The van der Waals surface area contributed by atoms with E-state index in [2.05, 4.69) is 10.4 Å². The zero-order chi connectivity index (χ0) is 15.4. The van der Waals surface area contributed by atoms with Crippen molar-refractivity contribution in [2.45, 2.75) is 6.43 Å². The van der Waals surface area contributed by atoms with Crippen LogP contribution in [0.3, 0.4) is 0 Å². The molecule has 0 fully saturated rings. The number of amides is 1. The molecule has 4 nitrogen and oxygen atoms in total. The molecule has 0 aliphatic heterocycles. The van der Waals surface area contributed by atoms with Gasteiger partial charge >= 0.3 is 0 Å². The number of rotatable bonds is 4. The number of benzene rings is 1. The molecule has 0 saturated heterocycles. The number of carbonyl (C=O) groups is 1. The number of aromatic nitrogens is 2. The molecule has 0 unspecified atom stereocenters. The molecule has 0 bridgehead atoms. The lowest BCUT2D eigenvalue weighted by Crippen LogP contribution is -2.18. The first-order chi connectivity index (χ1) is 9.97. The largest absolute Gasteiger partial charge is 0.328 e. The predicted molar refractivity (Wildman–Crippen MR) is 76.1 cm³/mol. The number of nitrogens with zero attached hydrogens (tertiary/aromatic N) is 2. The highest BCUT2D eigenvalue weighted by Gasteiger charge is 2.21. The molecule has 2 aromatic rings. The van der Waals surface area contributed by atoms with Crippen LogP contribution >= 0.6 is 11.6 Å². The van der Waals surface area contributed by atoms with Crippen molar-refractivity contribution in [1.82, 2.24) is 15.1 Å². The number of hydrogen-bond acceptors (Lipinski definition) is 2. The second-order valence-corrected chi connectivity index (χ2v) is 4.70. The molecule has 1 aromatic carbocycles. The van der Waals surface area contributed by atoms with Gasteiger partial charge in [-0.2, -0.15) is 5.10 Å². The molecule has 1 heterocycles. The second-order valence-electron chi connectivity index (χ2n) is 4.26. The van der Waals surface area contributed by atoms with Crippen molar-refractivity contribution in [3.05, 3.63) is 58.5 Å². The van der Waals surface area contributed by atoms with Crippen molar-refractivity contribution in [3.8, 4) is 0 Å². The van der Waals surface area contributed by atoms with Gasteiger partial charge in [0.2, 0.25) is 0 Å². The van der Waals surface area contributed by atoms with Crippen LogP contribution < -0.4 is 5.32 Å². The molecule has 1 amide bonds. The Morgan fingerprint density at radius 2 is 2.05 bits per heavy atom. The van der Waals surface area contributed by atoms with E-state index in [0.717, 1.165) is 5.56 Å². The van der Waals surface area contributed by atoms with Crippen LogP contribution in [0.15, 0.2) is 36.7 Å². The molecule has 0 aliphatic rings. The summed E-state index contributed by atoms with van der Waals surface area (Å²) >= 11 is 5.75. The highest BCUT2D eigenvalue weighted by atomic mass is 35.5. The van der Waals surface area contributed by atoms with Gasteiger partial charge in [-0.1, -0.05) is 23.7 Å². The number of halogens is 3. The van der Waals surface area contributed by atoms with Crippen LogP contribution in [0.1, 0.15) is 28.0 Å². The van der Waals surface area contributed by atoms with Gasteiger partial charge in [0, 0.05) is 24.5 Å². The lowest BCUT2D eigenvalue weighted by molar-refractivity contribution is 0.0955. The fourth-order valence-electron chi connectivity index (χ4n) is 1.71. The maximum absolute atomic E-state index is 12.7. The van der Waals surface area contributed by atoms with Gasteiger partial charge in [-0.05, 0) is 23.8 Å². The van der Waals surface area contributed by atoms with Gasteiger partial charge in [0.05, 0.1) is 5.56 Å². The van der Waals surface area contributed by atoms with Crippen LogP contribution in [0.4, 0.5) is 8.78 Å². The van der Waals surface area contributed by atoms with E-state index in [0.29, 0.717) is 5.02 Å². The Balaban J connectivity index is 2.06. The first-order valence-corrected chi connectivity index (χ1v) is 6.40. The molecular formula is C14H12ClF2N3O. The van der Waals surface area contributed by atoms with E-state index in [1.807, 2.05) is 0 Å². The zero-order valence-corrected chi connectivity index (χ0v) is 11.8. The Morgan fingerprint density at radius 3 is 2.67 bits per heavy atom. The van der Waals surface area contributed by atoms with Crippen molar-refractivity contribution in [1.29, 1.82) is 0 Å². The summed E-state index contributed by atoms with van der Waals surface area (Å²) in [5, 5.41) is 6.61. The van der Waals surface area contributed by atoms with Gasteiger partial charge in [-0.15, -0.1) is 0 Å². The topological polar surface area (TPSA) is 46.9 Å². The molecular weight excluding hydrogens is 300 g/mol. The van der Waals surface area contributed by atoms with Crippen LogP contribution in [0.5, 0.6) is 0 Å². The number of hydrogen-bond donors (Lipinski definition) is 1. The second kappa shape index (κ2) is 6.49. The van der Waals surface area contributed by atoms with Gasteiger partial charge in [0.15, 0.2) is 0 Å². The number of aryl methyl sites for hydroxylation is 1. The van der Waals surface area contributed by atoms with Gasteiger partial charge in [0.25, 0.3) is 12.3 Å². The van der Waals surface area contributed by atoms with E-state index in [9.17, 15) is 13.6 Å². The summed E-state index contributed by atoms with van der Waals surface area (Å²) in [6.07, 6.45) is 1.47. The molecule has 21 heavy (non-hydrogen) atoms. The fourth-order valence-corrected chi connectivity index (χ4v) is 1.83. The van der Waals surface area contributed by atoms with Crippen LogP contribution in [-0.2, 0) is 7.05 Å². The average molecular weight is 312 g/mol. The molecule has 0 radical (unpaired) electrons. The molecule has 1 aromatic heterocycles. The standard InChI is InChI=1S/C14H12ClF2N3O/c1-20-8-11(12(19-20)13(16)17)14(21)18-7-6-9-2-4-10(15)5-3-9/h2-8,13H,1H3,(H,18,21)/b7-6+. The van der Waals surface area contributed by atoms with E-state index in [1.165, 1.54) is 24.1 Å². The van der Waals surface area contributed by atoms with Crippen molar-refractivity contribution in [2.24, 2.45) is 7.05 Å². The molecule has 0 atom stereocenters. The van der Waals surface area contributed by atoms with Crippen LogP contribution in [0, 0.1) is 0 Å². The Labute approximate surface area is 125 Å². The lowest BCUT2D eigenvalue weighted by atomic mass is 10.2. The molecule has 0 spiro atoms. The fraction of sp³-hybridized carbons (Fsp3) is 0.143. The van der Waals surface area contributed by atoms with Crippen LogP contribution in [-0.4, -0.2) is 15.7 Å². The molecule has 0 saturated carbocycles. The highest BCUT2D eigenvalue weighted by molar-refractivity contribution is 6.30. The van der Waals surface area contributed by atoms with Crippen LogP contribution in [0.2, 0.25) is 5.02 Å². The monoisotopic (exact) mass is 311 g/mol. The highest BCUT2D eigenvalue weighted by Crippen LogP contribution is 2.20. The van der Waals surface area contributed by atoms with E-state index < -0.39 is 18.0 Å². The molecule has 110 valence electrons. The van der Waals surface area contributed by atoms with Crippen molar-refractivity contribution < 1.29 is 13.6 Å². The molecule has 7 heteroatoms. The number of carbonyl (C=O) groups excluding carboxylic acids is 1. The minimum absolute atomic E-state index is 0.145. The minimum Gasteiger partial charge on any atom is -0.328 e. The SMILES string of the molecule is Cn1cc(C(=O)N/C=C/c2ccc(Cl)cc2)c(C(F)F)n1. The molecule has 2 rings (SSSR count). The maximum Gasteiger partial charge on any atom is 0.282 e. The minimum atomic E-state index is -2.80. The van der Waals surface area contributed by atoms with Gasteiger partial charge in [-0.25, -0.2) is 8.78 Å². The maximum atomic E-state index is 12.7.